The van der Waals surface area contributed by atoms with Crippen LogP contribution >= 0.6 is 23.2 Å². The number of nitrogens with one attached hydrogen (secondary N) is 1. The molecule has 4 aromatic rings. The van der Waals surface area contributed by atoms with E-state index in [0.717, 1.165) is 6.07 Å². The SMILES string of the molecule is COc1cc(Cl)ccc1NC(=O)c1cc2ccccc2c(N=Nc2c(C)ccc(S(=O)(=O)O)c2Cl)c1O. The number of ether oxygens (including phenoxy) is 1. The molecule has 37 heavy (non-hydrogen) atoms. The van der Waals surface area contributed by atoms with Crippen molar-refractivity contribution in [3.63, 3.8) is 0 Å². The predicted octanol–water partition coefficient (Wildman–Crippen LogP) is 7.08. The van der Waals surface area contributed by atoms with E-state index in [9.17, 15) is 22.9 Å². The largest absolute Gasteiger partial charge is 0.505 e. The molecule has 0 fully saturated rings. The zero-order valence-corrected chi connectivity index (χ0v) is 21.7. The number of halogens is 2. The van der Waals surface area contributed by atoms with Gasteiger partial charge in [-0.3, -0.25) is 9.35 Å². The molecular weight excluding hydrogens is 541 g/mol. The molecule has 0 saturated carbocycles. The molecule has 0 aliphatic carbocycles. The molecule has 4 rings (SSSR count). The molecule has 190 valence electrons. The van der Waals surface area contributed by atoms with Crippen molar-refractivity contribution in [3.05, 3.63) is 81.8 Å². The summed E-state index contributed by atoms with van der Waals surface area (Å²) in [5.41, 5.74) is 0.630. The minimum absolute atomic E-state index is 0.0268. The molecule has 0 aliphatic heterocycles. The van der Waals surface area contributed by atoms with Crippen molar-refractivity contribution in [1.82, 2.24) is 0 Å². The fraction of sp³-hybridized carbons (Fsp3) is 0.0800. The van der Waals surface area contributed by atoms with Crippen LogP contribution in [0.3, 0.4) is 0 Å². The van der Waals surface area contributed by atoms with Crippen LogP contribution in [0.4, 0.5) is 17.1 Å². The van der Waals surface area contributed by atoms with E-state index >= 15 is 0 Å². The van der Waals surface area contributed by atoms with Gasteiger partial charge < -0.3 is 15.2 Å². The highest BCUT2D eigenvalue weighted by Crippen LogP contribution is 2.42. The molecule has 0 aromatic heterocycles. The van der Waals surface area contributed by atoms with Gasteiger partial charge in [-0.05, 0) is 42.1 Å². The summed E-state index contributed by atoms with van der Waals surface area (Å²) in [6, 6.07) is 15.6. The van der Waals surface area contributed by atoms with Gasteiger partial charge in [-0.25, -0.2) is 0 Å². The summed E-state index contributed by atoms with van der Waals surface area (Å²) in [6.07, 6.45) is 0. The predicted molar refractivity (Wildman–Crippen MR) is 142 cm³/mol. The summed E-state index contributed by atoms with van der Waals surface area (Å²) >= 11 is 12.2. The molecule has 0 aliphatic rings. The molecule has 3 N–H and O–H groups in total. The number of methoxy groups -OCH3 is 1. The Balaban J connectivity index is 1.83. The summed E-state index contributed by atoms with van der Waals surface area (Å²) in [6.45, 7) is 1.62. The number of aryl methyl sites for hydroxylation is 1. The molecule has 0 spiro atoms. The summed E-state index contributed by atoms with van der Waals surface area (Å²) in [4.78, 5) is 12.6. The smallest absolute Gasteiger partial charge is 0.296 e. The number of carbonyl (C=O) groups excluding carboxylic acids is 1. The van der Waals surface area contributed by atoms with Gasteiger partial charge in [0.05, 0.1) is 23.4 Å². The summed E-state index contributed by atoms with van der Waals surface area (Å²) in [5, 5.41) is 23.1. The van der Waals surface area contributed by atoms with Crippen molar-refractivity contribution in [3.8, 4) is 11.5 Å². The topological polar surface area (TPSA) is 138 Å². The maximum absolute atomic E-state index is 13.2. The van der Waals surface area contributed by atoms with E-state index in [2.05, 4.69) is 15.5 Å². The van der Waals surface area contributed by atoms with Gasteiger partial charge >= 0.3 is 0 Å². The number of phenolic OH excluding ortho intramolecular Hbond substituents is 1. The Hall–Kier alpha value is -3.70. The van der Waals surface area contributed by atoms with Crippen LogP contribution in [-0.4, -0.2) is 31.1 Å². The summed E-state index contributed by atoms with van der Waals surface area (Å²) in [5.74, 6) is -0.791. The molecule has 0 saturated heterocycles. The molecule has 1 amide bonds. The van der Waals surface area contributed by atoms with Gasteiger partial charge in [0.1, 0.15) is 22.0 Å². The maximum Gasteiger partial charge on any atom is 0.296 e. The van der Waals surface area contributed by atoms with Crippen LogP contribution in [0, 0.1) is 6.92 Å². The normalized spacial score (nSPS) is 11.7. The lowest BCUT2D eigenvalue weighted by molar-refractivity contribution is 0.102. The van der Waals surface area contributed by atoms with E-state index in [1.54, 1.807) is 43.3 Å². The Morgan fingerprint density at radius 1 is 1.00 bits per heavy atom. The first-order valence-corrected chi connectivity index (χ1v) is 12.8. The van der Waals surface area contributed by atoms with Crippen molar-refractivity contribution in [2.45, 2.75) is 11.8 Å². The molecule has 0 heterocycles. The maximum atomic E-state index is 13.2. The van der Waals surface area contributed by atoms with Gasteiger partial charge in [0.25, 0.3) is 16.0 Å². The number of rotatable bonds is 6. The number of phenols is 1. The third kappa shape index (κ3) is 5.37. The van der Waals surface area contributed by atoms with E-state index in [-0.39, 0.29) is 22.0 Å². The minimum atomic E-state index is -4.61. The number of fused-ring (bicyclic) bond motifs is 1. The van der Waals surface area contributed by atoms with Gasteiger partial charge in [-0.15, -0.1) is 10.2 Å². The first-order valence-electron chi connectivity index (χ1n) is 10.6. The highest BCUT2D eigenvalue weighted by molar-refractivity contribution is 7.86. The molecule has 12 heteroatoms. The Morgan fingerprint density at radius 2 is 1.70 bits per heavy atom. The average molecular weight is 560 g/mol. The fourth-order valence-corrected chi connectivity index (χ4v) is 4.88. The third-order valence-corrected chi connectivity index (χ3v) is 7.09. The molecule has 0 radical (unpaired) electrons. The van der Waals surface area contributed by atoms with Gasteiger partial charge in [0.15, 0.2) is 5.75 Å². The number of benzene rings is 4. The van der Waals surface area contributed by atoms with Crippen LogP contribution < -0.4 is 10.1 Å². The molecule has 4 aromatic carbocycles. The standard InChI is InChI=1S/C25H19Cl2N3O6S/c1-13-7-10-20(37(33,34)35)21(27)22(13)29-30-23-16-6-4-3-5-14(16)11-17(24(23)31)25(32)28-18-9-8-15(26)12-19(18)36-2/h3-12,31H,1-2H3,(H,28,32)(H,33,34,35). The minimum Gasteiger partial charge on any atom is -0.505 e. The van der Waals surface area contributed by atoms with Gasteiger partial charge in [0, 0.05) is 16.5 Å². The average Bonchev–Trinajstić information content (AvgIpc) is 2.84. The van der Waals surface area contributed by atoms with Crippen LogP contribution in [0.25, 0.3) is 10.8 Å². The second-order valence-corrected chi connectivity index (χ2v) is 10.1. The molecule has 0 unspecified atom stereocenters. The zero-order valence-electron chi connectivity index (χ0n) is 19.4. The van der Waals surface area contributed by atoms with E-state index in [4.69, 9.17) is 27.9 Å². The van der Waals surface area contributed by atoms with Crippen LogP contribution in [-0.2, 0) is 10.1 Å². The van der Waals surface area contributed by atoms with Crippen molar-refractivity contribution in [2.75, 3.05) is 12.4 Å². The Kier molecular flexibility index (Phi) is 7.37. The Bertz CT molecular complexity index is 1690. The first-order chi connectivity index (χ1) is 17.5. The summed E-state index contributed by atoms with van der Waals surface area (Å²) in [7, 11) is -3.18. The molecule has 0 atom stereocenters. The third-order valence-electron chi connectivity index (χ3n) is 5.46. The number of amides is 1. The lowest BCUT2D eigenvalue weighted by Gasteiger charge is -2.13. The number of nitrogens with zero attached hydrogens (tertiary/aromatic N) is 2. The van der Waals surface area contributed by atoms with E-state index < -0.39 is 26.7 Å². The van der Waals surface area contributed by atoms with Crippen LogP contribution in [0.5, 0.6) is 11.5 Å². The van der Waals surface area contributed by atoms with Crippen LogP contribution in [0.1, 0.15) is 15.9 Å². The van der Waals surface area contributed by atoms with Crippen molar-refractivity contribution in [2.24, 2.45) is 10.2 Å². The highest BCUT2D eigenvalue weighted by atomic mass is 35.5. The van der Waals surface area contributed by atoms with E-state index in [0.29, 0.717) is 32.8 Å². The van der Waals surface area contributed by atoms with Crippen molar-refractivity contribution < 1.29 is 27.6 Å². The molecule has 0 bridgehead atoms. The zero-order chi connectivity index (χ0) is 26.9. The lowest BCUT2D eigenvalue weighted by Crippen LogP contribution is -2.13. The molecule has 9 nitrogen and oxygen atoms in total. The second-order valence-electron chi connectivity index (χ2n) is 7.86. The highest BCUT2D eigenvalue weighted by Gasteiger charge is 2.21. The quantitative estimate of drug-likeness (QED) is 0.170. The van der Waals surface area contributed by atoms with Gasteiger partial charge in [-0.2, -0.15) is 8.42 Å². The van der Waals surface area contributed by atoms with Crippen molar-refractivity contribution >= 4 is 67.1 Å². The second kappa shape index (κ2) is 10.3. The van der Waals surface area contributed by atoms with Crippen LogP contribution in [0.2, 0.25) is 10.0 Å². The van der Waals surface area contributed by atoms with Gasteiger partial charge in [0.2, 0.25) is 0 Å². The summed E-state index contributed by atoms with van der Waals surface area (Å²) < 4.78 is 38.0. The number of hydrogen-bond acceptors (Lipinski definition) is 7. The number of anilines is 1. The monoisotopic (exact) mass is 559 g/mol. The van der Waals surface area contributed by atoms with E-state index in [1.165, 1.54) is 25.3 Å². The van der Waals surface area contributed by atoms with Crippen molar-refractivity contribution in [1.29, 1.82) is 0 Å². The van der Waals surface area contributed by atoms with E-state index in [1.807, 2.05) is 0 Å². The Labute approximate surface area is 222 Å². The number of aromatic hydroxyl groups is 1. The van der Waals surface area contributed by atoms with Gasteiger partial charge in [-0.1, -0.05) is 53.5 Å². The fourth-order valence-electron chi connectivity index (χ4n) is 3.61. The lowest BCUT2D eigenvalue weighted by atomic mass is 10.0. The number of carbonyl (C=O) groups is 1. The number of azo groups is 1. The molecular formula is C25H19Cl2N3O6S. The first kappa shape index (κ1) is 26.4. The Morgan fingerprint density at radius 3 is 2.41 bits per heavy atom. The number of hydrogen-bond donors (Lipinski definition) is 3. The van der Waals surface area contributed by atoms with Crippen LogP contribution in [0.15, 0.2) is 75.8 Å².